The maximum Gasteiger partial charge on any atom is 0.337 e. The minimum Gasteiger partial charge on any atom is -0.493 e. The maximum absolute atomic E-state index is 13.9. The zero-order valence-electron chi connectivity index (χ0n) is 23.0. The van der Waals surface area contributed by atoms with Crippen molar-refractivity contribution in [2.24, 2.45) is 0 Å². The molecule has 0 amide bonds. The van der Waals surface area contributed by atoms with Crippen molar-refractivity contribution < 1.29 is 28.7 Å². The Morgan fingerprint density at radius 2 is 1.73 bits per heavy atom. The predicted molar refractivity (Wildman–Crippen MR) is 148 cm³/mol. The molecule has 1 heterocycles. The number of allylic oxidation sites excluding steroid dienone is 3. The fourth-order valence-corrected chi connectivity index (χ4v) is 6.20. The molecule has 210 valence electrons. The summed E-state index contributed by atoms with van der Waals surface area (Å²) < 4.78 is 16.8. The lowest BCUT2D eigenvalue weighted by molar-refractivity contribution is -0.384. The summed E-state index contributed by atoms with van der Waals surface area (Å²) in [6.07, 6.45) is 5.36. The first kappa shape index (κ1) is 27.4. The number of nitro benzene ring substituents is 1. The third kappa shape index (κ3) is 5.33. The highest BCUT2D eigenvalue weighted by atomic mass is 16.6. The highest BCUT2D eigenvalue weighted by molar-refractivity contribution is 6.04. The highest BCUT2D eigenvalue weighted by Crippen LogP contribution is 2.47. The number of carbonyl (C=O) groups excluding carboxylic acids is 2. The fourth-order valence-electron chi connectivity index (χ4n) is 6.20. The first-order chi connectivity index (χ1) is 19.3. The van der Waals surface area contributed by atoms with Crippen LogP contribution in [0.4, 0.5) is 5.69 Å². The van der Waals surface area contributed by atoms with Gasteiger partial charge >= 0.3 is 5.97 Å². The SMILES string of the molecule is COc1ccc(C2CC(=O)C3=C(C2)NC(C)=C(C(=O)OC2CCCCC2)C3c2cccc([N+](=O)[O-])c2)cc1OC. The van der Waals surface area contributed by atoms with Crippen LogP contribution in [0.2, 0.25) is 0 Å². The number of dihydropyridines is 1. The largest absolute Gasteiger partial charge is 0.493 e. The second-order valence-corrected chi connectivity index (χ2v) is 10.6. The summed E-state index contributed by atoms with van der Waals surface area (Å²) in [5, 5.41) is 15.0. The Balaban J connectivity index is 1.54. The Labute approximate surface area is 233 Å². The van der Waals surface area contributed by atoms with E-state index in [2.05, 4.69) is 5.32 Å². The molecule has 9 heteroatoms. The molecule has 2 aromatic rings. The minimum atomic E-state index is -0.758. The van der Waals surface area contributed by atoms with Crippen LogP contribution in [0.25, 0.3) is 0 Å². The average Bonchev–Trinajstić information content (AvgIpc) is 2.96. The van der Waals surface area contributed by atoms with Gasteiger partial charge in [-0.05, 0) is 68.2 Å². The number of benzene rings is 2. The minimum absolute atomic E-state index is 0.0951. The standard InChI is InChI=1S/C31H34N2O7/c1-18-28(31(35)40-23-10-5-4-6-11-23)29(20-8-7-9-22(14-20)33(36)37)30-24(32-18)15-21(16-25(30)34)19-12-13-26(38-2)27(17-19)39-3/h7-9,12-14,17,21,23,29,32H,4-6,10-11,15-16H2,1-3H3. The molecular formula is C31H34N2O7. The number of ketones is 1. The van der Waals surface area contributed by atoms with E-state index in [1.165, 1.54) is 12.1 Å². The van der Waals surface area contributed by atoms with E-state index in [0.29, 0.717) is 40.3 Å². The van der Waals surface area contributed by atoms with Crippen LogP contribution in [-0.4, -0.2) is 37.0 Å². The van der Waals surface area contributed by atoms with E-state index in [-0.39, 0.29) is 29.9 Å². The smallest absolute Gasteiger partial charge is 0.337 e. The van der Waals surface area contributed by atoms with Crippen LogP contribution in [0.3, 0.4) is 0 Å². The van der Waals surface area contributed by atoms with Crippen molar-refractivity contribution in [1.29, 1.82) is 0 Å². The fraction of sp³-hybridized carbons (Fsp3) is 0.419. The third-order valence-electron chi connectivity index (χ3n) is 8.17. The molecule has 0 saturated heterocycles. The molecule has 2 aliphatic carbocycles. The molecule has 1 N–H and O–H groups in total. The summed E-state index contributed by atoms with van der Waals surface area (Å²) in [5.74, 6) is -0.272. The van der Waals surface area contributed by atoms with Gasteiger partial charge in [-0.25, -0.2) is 4.79 Å². The van der Waals surface area contributed by atoms with Gasteiger partial charge in [-0.2, -0.15) is 0 Å². The first-order valence-corrected chi connectivity index (χ1v) is 13.7. The highest BCUT2D eigenvalue weighted by Gasteiger charge is 2.42. The quantitative estimate of drug-likeness (QED) is 0.261. The second kappa shape index (κ2) is 11.5. The molecule has 0 aromatic heterocycles. The van der Waals surface area contributed by atoms with Crippen molar-refractivity contribution in [1.82, 2.24) is 5.32 Å². The molecule has 40 heavy (non-hydrogen) atoms. The van der Waals surface area contributed by atoms with Gasteiger partial charge in [0.2, 0.25) is 0 Å². The molecule has 0 radical (unpaired) electrons. The van der Waals surface area contributed by atoms with E-state index in [1.807, 2.05) is 18.2 Å². The number of hydrogen-bond donors (Lipinski definition) is 1. The van der Waals surface area contributed by atoms with Crippen molar-refractivity contribution in [3.63, 3.8) is 0 Å². The molecule has 9 nitrogen and oxygen atoms in total. The monoisotopic (exact) mass is 546 g/mol. The van der Waals surface area contributed by atoms with Crippen molar-refractivity contribution >= 4 is 17.4 Å². The number of non-ortho nitro benzene ring substituents is 1. The molecule has 0 spiro atoms. The number of methoxy groups -OCH3 is 2. The van der Waals surface area contributed by atoms with Crippen LogP contribution in [0.5, 0.6) is 11.5 Å². The van der Waals surface area contributed by atoms with Crippen LogP contribution >= 0.6 is 0 Å². The van der Waals surface area contributed by atoms with Gasteiger partial charge in [0.15, 0.2) is 17.3 Å². The first-order valence-electron chi connectivity index (χ1n) is 13.7. The number of rotatable bonds is 7. The number of hydrogen-bond acceptors (Lipinski definition) is 8. The summed E-state index contributed by atoms with van der Waals surface area (Å²) in [4.78, 5) is 38.7. The zero-order chi connectivity index (χ0) is 28.4. The molecule has 1 aliphatic heterocycles. The van der Waals surface area contributed by atoms with Gasteiger partial charge in [0.25, 0.3) is 5.69 Å². The van der Waals surface area contributed by atoms with Gasteiger partial charge in [-0.3, -0.25) is 14.9 Å². The van der Waals surface area contributed by atoms with E-state index in [9.17, 15) is 19.7 Å². The lowest BCUT2D eigenvalue weighted by Gasteiger charge is -2.37. The molecule has 2 atom stereocenters. The summed E-state index contributed by atoms with van der Waals surface area (Å²) in [7, 11) is 3.15. The van der Waals surface area contributed by atoms with Gasteiger partial charge in [0, 0.05) is 41.4 Å². The van der Waals surface area contributed by atoms with E-state index in [1.54, 1.807) is 33.3 Å². The molecule has 0 bridgehead atoms. The molecule has 2 unspecified atom stereocenters. The second-order valence-electron chi connectivity index (χ2n) is 10.6. The molecule has 2 aromatic carbocycles. The number of nitro groups is 1. The Bertz CT molecular complexity index is 1400. The van der Waals surface area contributed by atoms with Crippen LogP contribution in [0.1, 0.15) is 74.8 Å². The number of ether oxygens (including phenoxy) is 3. The van der Waals surface area contributed by atoms with Gasteiger partial charge in [-0.15, -0.1) is 0 Å². The lowest BCUT2D eigenvalue weighted by Crippen LogP contribution is -2.37. The van der Waals surface area contributed by atoms with Crippen molar-refractivity contribution in [3.8, 4) is 11.5 Å². The van der Waals surface area contributed by atoms with Crippen LogP contribution in [0, 0.1) is 10.1 Å². The lowest BCUT2D eigenvalue weighted by atomic mass is 9.71. The molecule has 1 saturated carbocycles. The van der Waals surface area contributed by atoms with Crippen molar-refractivity contribution in [2.75, 3.05) is 14.2 Å². The number of nitrogens with zero attached hydrogens (tertiary/aromatic N) is 1. The van der Waals surface area contributed by atoms with Crippen LogP contribution < -0.4 is 14.8 Å². The molecule has 5 rings (SSSR count). The van der Waals surface area contributed by atoms with Crippen LogP contribution in [0.15, 0.2) is 65.0 Å². The Morgan fingerprint density at radius 1 is 0.975 bits per heavy atom. The summed E-state index contributed by atoms with van der Waals surface area (Å²) in [5.41, 5.74) is 3.49. The summed E-state index contributed by atoms with van der Waals surface area (Å²) in [6, 6.07) is 11.8. The number of carbonyl (C=O) groups is 2. The Morgan fingerprint density at radius 3 is 2.42 bits per heavy atom. The van der Waals surface area contributed by atoms with E-state index in [0.717, 1.165) is 43.4 Å². The van der Waals surface area contributed by atoms with Gasteiger partial charge < -0.3 is 19.5 Å². The van der Waals surface area contributed by atoms with Gasteiger partial charge in [-0.1, -0.05) is 24.6 Å². The van der Waals surface area contributed by atoms with Crippen molar-refractivity contribution in [2.45, 2.75) is 69.8 Å². The number of esters is 1. The van der Waals surface area contributed by atoms with Gasteiger partial charge in [0.1, 0.15) is 6.10 Å². The third-order valence-corrected chi connectivity index (χ3v) is 8.17. The molecule has 3 aliphatic rings. The Kier molecular flexibility index (Phi) is 7.91. The Hall–Kier alpha value is -4.14. The summed E-state index contributed by atoms with van der Waals surface area (Å²) in [6.45, 7) is 1.80. The normalized spacial score (nSPS) is 21.4. The molecule has 1 fully saturated rings. The van der Waals surface area contributed by atoms with Crippen LogP contribution in [-0.2, 0) is 14.3 Å². The van der Waals surface area contributed by atoms with E-state index in [4.69, 9.17) is 14.2 Å². The predicted octanol–water partition coefficient (Wildman–Crippen LogP) is 5.85. The van der Waals surface area contributed by atoms with Gasteiger partial charge in [0.05, 0.1) is 24.7 Å². The topological polar surface area (TPSA) is 117 Å². The maximum atomic E-state index is 13.9. The average molecular weight is 547 g/mol. The van der Waals surface area contributed by atoms with Crippen molar-refractivity contribution in [3.05, 3.63) is 86.2 Å². The summed E-state index contributed by atoms with van der Waals surface area (Å²) >= 11 is 0. The number of Topliss-reactive ketones (excluding diaryl/α,β-unsaturated/α-hetero) is 1. The van der Waals surface area contributed by atoms with E-state index >= 15 is 0 Å². The van der Waals surface area contributed by atoms with E-state index < -0.39 is 16.8 Å². The number of nitrogens with one attached hydrogen (secondary N) is 1. The molecular weight excluding hydrogens is 512 g/mol. The zero-order valence-corrected chi connectivity index (χ0v) is 23.0.